The van der Waals surface area contributed by atoms with E-state index >= 15 is 0 Å². The Balaban J connectivity index is 1.32. The van der Waals surface area contributed by atoms with E-state index in [4.69, 9.17) is 0 Å². The molecule has 170 valence electrons. The molecule has 0 amide bonds. The van der Waals surface area contributed by atoms with Crippen molar-refractivity contribution in [3.63, 3.8) is 0 Å². The van der Waals surface area contributed by atoms with Crippen molar-refractivity contribution in [2.45, 2.75) is 29.0 Å². The second-order valence-corrected chi connectivity index (χ2v) is 10.2. The van der Waals surface area contributed by atoms with E-state index in [1.807, 2.05) is 18.2 Å². The Morgan fingerprint density at radius 3 is 2.26 bits per heavy atom. The first kappa shape index (κ1) is 22.3. The van der Waals surface area contributed by atoms with Crippen LogP contribution in [0.25, 0.3) is 5.69 Å². The molecule has 0 aliphatic carbocycles. The van der Waals surface area contributed by atoms with Crippen LogP contribution in [0.15, 0.2) is 99.8 Å². The standard InChI is InChI=1S/C26H22N4O2S2/c1-17-16-24(26-28-27-25(34-26)19-6-4-3-5-7-19)18(2)29(17)20-8-12-22(13-9-20)33-23-14-10-21(11-15-23)30(31)32/h3-16,26,28H,1-2H3/t26-/m0/s1. The molecule has 1 atom stereocenters. The molecule has 1 aliphatic heterocycles. The molecule has 34 heavy (non-hydrogen) atoms. The SMILES string of the molecule is Cc1cc([C@H]2NN=C(c3ccccc3)S2)c(C)n1-c1ccc(Sc2ccc([N+](=O)[O-])cc2)cc1. The molecule has 1 aliphatic rings. The smallest absolute Gasteiger partial charge is 0.269 e. The predicted molar refractivity (Wildman–Crippen MR) is 139 cm³/mol. The molecular weight excluding hydrogens is 464 g/mol. The Morgan fingerprint density at radius 2 is 1.62 bits per heavy atom. The van der Waals surface area contributed by atoms with Crippen LogP contribution in [0.3, 0.4) is 0 Å². The van der Waals surface area contributed by atoms with E-state index in [-0.39, 0.29) is 16.0 Å². The summed E-state index contributed by atoms with van der Waals surface area (Å²) in [5, 5.41) is 16.5. The largest absolute Gasteiger partial charge is 0.318 e. The third kappa shape index (κ3) is 4.47. The summed E-state index contributed by atoms with van der Waals surface area (Å²) in [5.41, 5.74) is 9.19. The van der Waals surface area contributed by atoms with Gasteiger partial charge < -0.3 is 4.57 Å². The van der Waals surface area contributed by atoms with Crippen molar-refractivity contribution >= 4 is 34.3 Å². The van der Waals surface area contributed by atoms with Gasteiger partial charge in [-0.25, -0.2) is 0 Å². The maximum absolute atomic E-state index is 10.8. The van der Waals surface area contributed by atoms with Crippen molar-refractivity contribution < 1.29 is 4.92 Å². The van der Waals surface area contributed by atoms with Gasteiger partial charge in [-0.15, -0.1) is 0 Å². The fourth-order valence-corrected chi connectivity index (χ4v) is 5.90. The Labute approximate surface area is 206 Å². The molecule has 0 bridgehead atoms. The Hall–Kier alpha value is -3.49. The van der Waals surface area contributed by atoms with Gasteiger partial charge in [-0.1, -0.05) is 53.9 Å². The highest BCUT2D eigenvalue weighted by Crippen LogP contribution is 2.38. The van der Waals surface area contributed by atoms with E-state index in [0.29, 0.717) is 0 Å². The summed E-state index contributed by atoms with van der Waals surface area (Å²) in [7, 11) is 0. The molecule has 3 aromatic carbocycles. The number of hydrogen-bond acceptors (Lipinski definition) is 6. The second kappa shape index (κ2) is 9.40. The minimum Gasteiger partial charge on any atom is -0.318 e. The number of nitro groups is 1. The lowest BCUT2D eigenvalue weighted by atomic mass is 10.2. The first-order valence-electron chi connectivity index (χ1n) is 10.8. The molecule has 5 rings (SSSR count). The molecule has 1 aromatic heterocycles. The van der Waals surface area contributed by atoms with Crippen LogP contribution in [0.1, 0.15) is 27.9 Å². The second-order valence-electron chi connectivity index (χ2n) is 7.92. The molecule has 0 fully saturated rings. The van der Waals surface area contributed by atoms with E-state index in [2.05, 4.69) is 71.4 Å². The van der Waals surface area contributed by atoms with Gasteiger partial charge in [0.25, 0.3) is 5.69 Å². The fraction of sp³-hybridized carbons (Fsp3) is 0.115. The molecule has 0 spiro atoms. The fourth-order valence-electron chi connectivity index (χ4n) is 4.01. The van der Waals surface area contributed by atoms with E-state index in [1.54, 1.807) is 35.7 Å². The average Bonchev–Trinajstić information content (AvgIpc) is 3.45. The van der Waals surface area contributed by atoms with Crippen LogP contribution in [0.2, 0.25) is 0 Å². The van der Waals surface area contributed by atoms with Crippen molar-refractivity contribution in [3.8, 4) is 5.69 Å². The zero-order chi connectivity index (χ0) is 23.7. The lowest BCUT2D eigenvalue weighted by molar-refractivity contribution is -0.384. The predicted octanol–water partition coefficient (Wildman–Crippen LogP) is 6.85. The number of aromatic nitrogens is 1. The summed E-state index contributed by atoms with van der Waals surface area (Å²) in [5.74, 6) is 0. The number of benzene rings is 3. The molecule has 0 unspecified atom stereocenters. The van der Waals surface area contributed by atoms with Gasteiger partial charge in [0, 0.05) is 50.1 Å². The van der Waals surface area contributed by atoms with E-state index < -0.39 is 0 Å². The van der Waals surface area contributed by atoms with Gasteiger partial charge in [0.1, 0.15) is 10.4 Å². The monoisotopic (exact) mass is 486 g/mol. The van der Waals surface area contributed by atoms with Crippen molar-refractivity contribution in [3.05, 3.63) is 118 Å². The normalized spacial score (nSPS) is 15.1. The van der Waals surface area contributed by atoms with Crippen molar-refractivity contribution in [1.82, 2.24) is 9.99 Å². The third-order valence-corrected chi connectivity index (χ3v) is 7.83. The van der Waals surface area contributed by atoms with Crippen LogP contribution >= 0.6 is 23.5 Å². The number of thioether (sulfide) groups is 1. The van der Waals surface area contributed by atoms with Crippen LogP contribution in [0, 0.1) is 24.0 Å². The van der Waals surface area contributed by atoms with Gasteiger partial charge in [0.05, 0.1) is 4.92 Å². The first-order valence-corrected chi connectivity index (χ1v) is 12.5. The number of nitrogens with zero attached hydrogens (tertiary/aromatic N) is 3. The number of rotatable bonds is 6. The summed E-state index contributed by atoms with van der Waals surface area (Å²) in [4.78, 5) is 12.5. The lowest BCUT2D eigenvalue weighted by Crippen LogP contribution is -2.08. The van der Waals surface area contributed by atoms with Crippen LogP contribution in [-0.2, 0) is 0 Å². The molecule has 4 aromatic rings. The van der Waals surface area contributed by atoms with Gasteiger partial charge in [-0.2, -0.15) is 5.10 Å². The quantitative estimate of drug-likeness (QED) is 0.238. The zero-order valence-corrected chi connectivity index (χ0v) is 20.3. The summed E-state index contributed by atoms with van der Waals surface area (Å²) < 4.78 is 2.26. The van der Waals surface area contributed by atoms with E-state index in [0.717, 1.165) is 26.1 Å². The van der Waals surface area contributed by atoms with Gasteiger partial charge in [-0.05, 0) is 56.3 Å². The van der Waals surface area contributed by atoms with E-state index in [1.165, 1.54) is 29.1 Å². The first-order chi connectivity index (χ1) is 16.5. The minimum absolute atomic E-state index is 0.0760. The van der Waals surface area contributed by atoms with Crippen LogP contribution < -0.4 is 5.43 Å². The van der Waals surface area contributed by atoms with Crippen molar-refractivity contribution in [1.29, 1.82) is 0 Å². The average molecular weight is 487 g/mol. The van der Waals surface area contributed by atoms with Gasteiger partial charge >= 0.3 is 0 Å². The van der Waals surface area contributed by atoms with Crippen molar-refractivity contribution in [2.24, 2.45) is 5.10 Å². The topological polar surface area (TPSA) is 72.5 Å². The number of non-ortho nitro benzene ring substituents is 1. The Morgan fingerprint density at radius 1 is 0.971 bits per heavy atom. The molecule has 2 heterocycles. The number of hydrogen-bond donors (Lipinski definition) is 1. The van der Waals surface area contributed by atoms with Crippen LogP contribution in [0.4, 0.5) is 5.69 Å². The zero-order valence-electron chi connectivity index (χ0n) is 18.6. The molecule has 8 heteroatoms. The third-order valence-electron chi connectivity index (χ3n) is 5.66. The highest BCUT2D eigenvalue weighted by Gasteiger charge is 2.26. The van der Waals surface area contributed by atoms with Crippen molar-refractivity contribution in [2.75, 3.05) is 0 Å². The molecule has 1 N–H and O–H groups in total. The van der Waals surface area contributed by atoms with Crippen LogP contribution in [-0.4, -0.2) is 14.5 Å². The van der Waals surface area contributed by atoms with Crippen LogP contribution in [0.5, 0.6) is 0 Å². The Bertz CT molecular complexity index is 1360. The number of nitro benzene ring substituents is 1. The number of nitrogens with one attached hydrogen (secondary N) is 1. The summed E-state index contributed by atoms with van der Waals surface area (Å²) in [6, 6.07) is 27.5. The summed E-state index contributed by atoms with van der Waals surface area (Å²) >= 11 is 3.32. The number of hydrazone groups is 1. The molecule has 0 saturated carbocycles. The molecule has 0 saturated heterocycles. The highest BCUT2D eigenvalue weighted by atomic mass is 32.2. The number of aryl methyl sites for hydroxylation is 1. The molecular formula is C26H22N4O2S2. The Kier molecular flexibility index (Phi) is 6.17. The maximum Gasteiger partial charge on any atom is 0.269 e. The molecule has 0 radical (unpaired) electrons. The van der Waals surface area contributed by atoms with Gasteiger partial charge in [0.2, 0.25) is 0 Å². The maximum atomic E-state index is 10.8. The molecule has 6 nitrogen and oxygen atoms in total. The summed E-state index contributed by atoms with van der Waals surface area (Å²) in [6.45, 7) is 4.26. The van der Waals surface area contributed by atoms with Gasteiger partial charge in [-0.3, -0.25) is 15.5 Å². The minimum atomic E-state index is -0.381. The summed E-state index contributed by atoms with van der Waals surface area (Å²) in [6.07, 6.45) is 0. The highest BCUT2D eigenvalue weighted by molar-refractivity contribution is 8.14. The lowest BCUT2D eigenvalue weighted by Gasteiger charge is -2.13. The van der Waals surface area contributed by atoms with E-state index in [9.17, 15) is 10.1 Å². The van der Waals surface area contributed by atoms with Gasteiger partial charge in [0.15, 0.2) is 0 Å².